The van der Waals surface area contributed by atoms with E-state index >= 15 is 0 Å². The van der Waals surface area contributed by atoms with E-state index in [1.807, 2.05) is 13.8 Å². The minimum absolute atomic E-state index is 0.0551. The molecule has 4 nitrogen and oxygen atoms in total. The summed E-state index contributed by atoms with van der Waals surface area (Å²) in [7, 11) is 0. The molecule has 1 saturated carbocycles. The van der Waals surface area contributed by atoms with E-state index in [0.29, 0.717) is 22.2 Å². The van der Waals surface area contributed by atoms with Crippen LogP contribution in [0.5, 0.6) is 0 Å². The van der Waals surface area contributed by atoms with Crippen LogP contribution < -0.4 is 10.6 Å². The monoisotopic (exact) mass is 302 g/mol. The first-order valence-corrected chi connectivity index (χ1v) is 6.77. The number of hydrogen-bond acceptors (Lipinski definition) is 2. The molecule has 0 aromatic heterocycles. The van der Waals surface area contributed by atoms with Crippen LogP contribution in [-0.4, -0.2) is 23.3 Å². The lowest BCUT2D eigenvalue weighted by Gasteiger charge is -2.49. The van der Waals surface area contributed by atoms with Crippen molar-refractivity contribution >= 4 is 34.9 Å². The molecule has 0 heterocycles. The molecule has 2 unspecified atom stereocenters. The maximum atomic E-state index is 11.9. The molecule has 2 rings (SSSR count). The fourth-order valence-electron chi connectivity index (χ4n) is 2.06. The predicted molar refractivity (Wildman–Crippen MR) is 76.8 cm³/mol. The van der Waals surface area contributed by atoms with Gasteiger partial charge in [-0.15, -0.1) is 0 Å². The van der Waals surface area contributed by atoms with Gasteiger partial charge in [0.05, 0.1) is 16.8 Å². The van der Waals surface area contributed by atoms with Gasteiger partial charge in [-0.25, -0.2) is 4.79 Å². The van der Waals surface area contributed by atoms with Gasteiger partial charge in [0, 0.05) is 16.5 Å². The zero-order valence-corrected chi connectivity index (χ0v) is 12.2. The molecule has 1 aliphatic carbocycles. The number of halogens is 2. The third-order valence-electron chi connectivity index (χ3n) is 3.70. The highest BCUT2D eigenvalue weighted by atomic mass is 35.5. The number of aliphatic hydroxyl groups excluding tert-OH is 1. The molecule has 6 heteroatoms. The number of rotatable bonds is 2. The second-order valence-corrected chi connectivity index (χ2v) is 6.19. The molecule has 0 aliphatic heterocycles. The molecule has 1 fully saturated rings. The van der Waals surface area contributed by atoms with Crippen molar-refractivity contribution in [3.8, 4) is 0 Å². The molecule has 104 valence electrons. The van der Waals surface area contributed by atoms with Crippen LogP contribution in [0.4, 0.5) is 10.5 Å². The van der Waals surface area contributed by atoms with Crippen molar-refractivity contribution < 1.29 is 9.90 Å². The van der Waals surface area contributed by atoms with Crippen LogP contribution in [0.15, 0.2) is 18.2 Å². The summed E-state index contributed by atoms with van der Waals surface area (Å²) < 4.78 is 0. The first-order chi connectivity index (χ1) is 8.80. The summed E-state index contributed by atoms with van der Waals surface area (Å²) in [5.74, 6) is 0. The average molecular weight is 303 g/mol. The summed E-state index contributed by atoms with van der Waals surface area (Å²) >= 11 is 11.8. The Morgan fingerprint density at radius 2 is 2.11 bits per heavy atom. The van der Waals surface area contributed by atoms with Gasteiger partial charge in [-0.2, -0.15) is 0 Å². The molecular weight excluding hydrogens is 287 g/mol. The Bertz CT molecular complexity index is 505. The number of amides is 2. The van der Waals surface area contributed by atoms with E-state index in [2.05, 4.69) is 10.6 Å². The van der Waals surface area contributed by atoms with Gasteiger partial charge >= 0.3 is 6.03 Å². The van der Waals surface area contributed by atoms with Gasteiger partial charge in [-0.05, 0) is 24.6 Å². The van der Waals surface area contributed by atoms with Crippen LogP contribution in [-0.2, 0) is 0 Å². The molecule has 1 aromatic rings. The number of aliphatic hydroxyl groups is 1. The largest absolute Gasteiger partial charge is 0.392 e. The average Bonchev–Trinajstić information content (AvgIpc) is 2.33. The van der Waals surface area contributed by atoms with E-state index in [-0.39, 0.29) is 23.6 Å². The molecule has 0 saturated heterocycles. The molecule has 1 aliphatic rings. The molecule has 2 atom stereocenters. The van der Waals surface area contributed by atoms with Gasteiger partial charge in [0.25, 0.3) is 0 Å². The lowest BCUT2D eigenvalue weighted by atomic mass is 9.65. The van der Waals surface area contributed by atoms with Crippen molar-refractivity contribution in [2.75, 3.05) is 5.32 Å². The van der Waals surface area contributed by atoms with Crippen LogP contribution in [0.1, 0.15) is 20.3 Å². The van der Waals surface area contributed by atoms with Crippen molar-refractivity contribution in [2.24, 2.45) is 5.41 Å². The topological polar surface area (TPSA) is 61.4 Å². The highest BCUT2D eigenvalue weighted by Gasteiger charge is 2.47. The van der Waals surface area contributed by atoms with Crippen molar-refractivity contribution in [1.29, 1.82) is 0 Å². The summed E-state index contributed by atoms with van der Waals surface area (Å²) in [6.07, 6.45) is 0.177. The standard InChI is InChI=1S/C13H16Cl2N2O2/c1-13(2)10(6-11(13)18)17-12(19)16-9-5-7(14)3-4-8(9)15/h3-5,10-11,18H,6H2,1-2H3,(H2,16,17,19). The third-order valence-corrected chi connectivity index (χ3v) is 4.26. The molecule has 0 radical (unpaired) electrons. The van der Waals surface area contributed by atoms with Gasteiger partial charge in [-0.1, -0.05) is 37.0 Å². The Labute approximate surface area is 122 Å². The number of hydrogen-bond donors (Lipinski definition) is 3. The Morgan fingerprint density at radius 1 is 1.42 bits per heavy atom. The maximum absolute atomic E-state index is 11.9. The Morgan fingerprint density at radius 3 is 2.68 bits per heavy atom. The zero-order valence-electron chi connectivity index (χ0n) is 10.7. The van der Waals surface area contributed by atoms with Gasteiger partial charge in [0.2, 0.25) is 0 Å². The summed E-state index contributed by atoms with van der Waals surface area (Å²) in [4.78, 5) is 11.9. The number of benzene rings is 1. The summed E-state index contributed by atoms with van der Waals surface area (Å²) in [5.41, 5.74) is 0.152. The fourth-order valence-corrected chi connectivity index (χ4v) is 2.39. The molecular formula is C13H16Cl2N2O2. The SMILES string of the molecule is CC1(C)C(O)CC1NC(=O)Nc1cc(Cl)ccc1Cl. The van der Waals surface area contributed by atoms with Crippen LogP contribution in [0.25, 0.3) is 0 Å². The third kappa shape index (κ3) is 2.96. The minimum Gasteiger partial charge on any atom is -0.392 e. The van der Waals surface area contributed by atoms with E-state index in [9.17, 15) is 9.90 Å². The van der Waals surface area contributed by atoms with Gasteiger partial charge in [-0.3, -0.25) is 0 Å². The highest BCUT2D eigenvalue weighted by Crippen LogP contribution is 2.40. The molecule has 19 heavy (non-hydrogen) atoms. The van der Waals surface area contributed by atoms with E-state index in [4.69, 9.17) is 23.2 Å². The molecule has 0 spiro atoms. The highest BCUT2D eigenvalue weighted by molar-refractivity contribution is 6.35. The van der Waals surface area contributed by atoms with Gasteiger partial charge in [0.15, 0.2) is 0 Å². The molecule has 0 bridgehead atoms. The fraction of sp³-hybridized carbons (Fsp3) is 0.462. The number of urea groups is 1. The van der Waals surface area contributed by atoms with Gasteiger partial charge in [0.1, 0.15) is 0 Å². The number of nitrogens with one attached hydrogen (secondary N) is 2. The van der Waals surface area contributed by atoms with Gasteiger partial charge < -0.3 is 15.7 Å². The predicted octanol–water partition coefficient (Wildman–Crippen LogP) is 3.27. The van der Waals surface area contributed by atoms with Crippen molar-refractivity contribution in [3.05, 3.63) is 28.2 Å². The summed E-state index contributed by atoms with van der Waals surface area (Å²) in [6.45, 7) is 3.83. The number of anilines is 1. The lowest BCUT2D eigenvalue weighted by molar-refractivity contribution is -0.0673. The van der Waals surface area contributed by atoms with Crippen molar-refractivity contribution in [3.63, 3.8) is 0 Å². The van der Waals surface area contributed by atoms with Crippen molar-refractivity contribution in [2.45, 2.75) is 32.4 Å². The quantitative estimate of drug-likeness (QED) is 0.785. The summed E-state index contributed by atoms with van der Waals surface area (Å²) in [5, 5.41) is 16.0. The summed E-state index contributed by atoms with van der Waals surface area (Å²) in [6, 6.07) is 4.45. The molecule has 3 N–H and O–H groups in total. The Hall–Kier alpha value is -0.970. The normalized spacial score (nSPS) is 24.5. The maximum Gasteiger partial charge on any atom is 0.319 e. The first-order valence-electron chi connectivity index (χ1n) is 6.01. The Balaban J connectivity index is 1.97. The van der Waals surface area contributed by atoms with E-state index in [1.54, 1.807) is 18.2 Å². The molecule has 2 amide bonds. The first kappa shape index (κ1) is 14.4. The number of carbonyl (C=O) groups excluding carboxylic acids is 1. The van der Waals surface area contributed by atoms with E-state index < -0.39 is 0 Å². The molecule has 1 aromatic carbocycles. The second-order valence-electron chi connectivity index (χ2n) is 5.35. The van der Waals surface area contributed by atoms with Crippen molar-refractivity contribution in [1.82, 2.24) is 5.32 Å². The van der Waals surface area contributed by atoms with Crippen LogP contribution in [0.3, 0.4) is 0 Å². The smallest absolute Gasteiger partial charge is 0.319 e. The van der Waals surface area contributed by atoms with E-state index in [1.165, 1.54) is 0 Å². The van der Waals surface area contributed by atoms with E-state index in [0.717, 1.165) is 0 Å². The van der Waals surface area contributed by atoms with Crippen LogP contribution in [0.2, 0.25) is 10.0 Å². The van der Waals surface area contributed by atoms with Crippen LogP contribution in [0, 0.1) is 5.41 Å². The zero-order chi connectivity index (χ0) is 14.2. The van der Waals surface area contributed by atoms with Crippen LogP contribution >= 0.6 is 23.2 Å². The number of carbonyl (C=O) groups is 1. The lowest BCUT2D eigenvalue weighted by Crippen LogP contribution is -2.61. The Kier molecular flexibility index (Phi) is 3.95. The second kappa shape index (κ2) is 5.19. The minimum atomic E-state index is -0.382.